The number of benzene rings is 1. The minimum atomic E-state index is 0.0332. The van der Waals surface area contributed by atoms with Crippen molar-refractivity contribution in [3.05, 3.63) is 23.8 Å². The van der Waals surface area contributed by atoms with E-state index < -0.39 is 0 Å². The summed E-state index contributed by atoms with van der Waals surface area (Å²) in [5, 5.41) is 0. The van der Waals surface area contributed by atoms with E-state index in [2.05, 4.69) is 17.0 Å². The Kier molecular flexibility index (Phi) is 6.11. The largest absolute Gasteiger partial charge is 0.493 e. The van der Waals surface area contributed by atoms with Crippen molar-refractivity contribution in [2.75, 3.05) is 46.5 Å². The second-order valence-electron chi connectivity index (χ2n) is 9.89. The number of carbonyl (C=O) groups is 1. The van der Waals surface area contributed by atoms with Crippen molar-refractivity contribution in [3.63, 3.8) is 0 Å². The van der Waals surface area contributed by atoms with Crippen LogP contribution in [0.25, 0.3) is 0 Å². The van der Waals surface area contributed by atoms with Crippen LogP contribution in [0.3, 0.4) is 0 Å². The Morgan fingerprint density at radius 3 is 2.77 bits per heavy atom. The number of amides is 1. The van der Waals surface area contributed by atoms with Crippen LogP contribution in [0.1, 0.15) is 50.5 Å². The Hall–Kier alpha value is -1.79. The molecule has 1 aromatic carbocycles. The van der Waals surface area contributed by atoms with E-state index in [9.17, 15) is 4.79 Å². The highest BCUT2D eigenvalue weighted by atomic mass is 16.5. The van der Waals surface area contributed by atoms with Crippen LogP contribution in [-0.4, -0.2) is 73.9 Å². The third kappa shape index (κ3) is 4.56. The summed E-state index contributed by atoms with van der Waals surface area (Å²) >= 11 is 0. The summed E-state index contributed by atoms with van der Waals surface area (Å²) in [6.45, 7) is 4.96. The number of carbonyl (C=O) groups excluding carboxylic acids is 1. The molecule has 1 saturated carbocycles. The second kappa shape index (κ2) is 8.99. The number of likely N-dealkylation sites (tertiary alicyclic amines) is 2. The molecule has 0 radical (unpaired) electrons. The van der Waals surface area contributed by atoms with Crippen molar-refractivity contribution in [3.8, 4) is 11.5 Å². The first kappa shape index (κ1) is 21.1. The SMILES string of the molecule is COCCN1CC(COc2ccc3c(c2)CCC2(CCN(C4CCC4)CC2)O3)CC1=O. The molecule has 6 nitrogen and oxygen atoms in total. The van der Waals surface area contributed by atoms with Gasteiger partial charge in [-0.2, -0.15) is 0 Å². The molecule has 31 heavy (non-hydrogen) atoms. The monoisotopic (exact) mass is 428 g/mol. The van der Waals surface area contributed by atoms with E-state index in [0.29, 0.717) is 26.2 Å². The molecular formula is C25H36N2O4. The lowest BCUT2D eigenvalue weighted by molar-refractivity contribution is -0.128. The van der Waals surface area contributed by atoms with Gasteiger partial charge in [0.1, 0.15) is 17.1 Å². The fourth-order valence-corrected chi connectivity index (χ4v) is 5.59. The molecule has 170 valence electrons. The van der Waals surface area contributed by atoms with Gasteiger partial charge in [0.15, 0.2) is 0 Å². The number of nitrogens with zero attached hydrogens (tertiary/aromatic N) is 2. The summed E-state index contributed by atoms with van der Waals surface area (Å²) in [6, 6.07) is 7.11. The van der Waals surface area contributed by atoms with Crippen molar-refractivity contribution in [1.29, 1.82) is 0 Å². The Labute approximate surface area is 185 Å². The molecule has 3 heterocycles. The Morgan fingerprint density at radius 2 is 2.03 bits per heavy atom. The molecule has 1 aromatic rings. The van der Waals surface area contributed by atoms with Gasteiger partial charge < -0.3 is 24.0 Å². The molecule has 1 spiro atoms. The number of rotatable bonds is 7. The predicted octanol–water partition coefficient (Wildman–Crippen LogP) is 3.27. The smallest absolute Gasteiger partial charge is 0.223 e. The first-order chi connectivity index (χ1) is 15.1. The molecule has 0 N–H and O–H groups in total. The Balaban J connectivity index is 1.13. The van der Waals surface area contributed by atoms with Crippen LogP contribution in [-0.2, 0) is 16.0 Å². The molecule has 4 aliphatic rings. The molecule has 3 fully saturated rings. The normalized spacial score (nSPS) is 25.9. The van der Waals surface area contributed by atoms with Gasteiger partial charge in [-0.15, -0.1) is 0 Å². The van der Waals surface area contributed by atoms with Crippen molar-refractivity contribution in [2.24, 2.45) is 5.92 Å². The fraction of sp³-hybridized carbons (Fsp3) is 0.720. The van der Waals surface area contributed by atoms with Gasteiger partial charge in [0.2, 0.25) is 5.91 Å². The topological polar surface area (TPSA) is 51.2 Å². The third-order valence-corrected chi connectivity index (χ3v) is 7.85. The lowest BCUT2D eigenvalue weighted by atomic mass is 9.81. The van der Waals surface area contributed by atoms with E-state index in [1.54, 1.807) is 7.11 Å². The van der Waals surface area contributed by atoms with Crippen molar-refractivity contribution in [2.45, 2.75) is 63.0 Å². The first-order valence-corrected chi connectivity index (χ1v) is 12.1. The summed E-state index contributed by atoms with van der Waals surface area (Å²) in [6.07, 6.45) is 9.21. The van der Waals surface area contributed by atoms with E-state index >= 15 is 0 Å². The molecule has 2 saturated heterocycles. The molecule has 0 bridgehead atoms. The lowest BCUT2D eigenvalue weighted by Gasteiger charge is -2.48. The summed E-state index contributed by atoms with van der Waals surface area (Å²) in [5.41, 5.74) is 1.29. The predicted molar refractivity (Wildman–Crippen MR) is 119 cm³/mol. The summed E-state index contributed by atoms with van der Waals surface area (Å²) in [4.78, 5) is 16.7. The molecule has 1 aliphatic carbocycles. The molecule has 0 aromatic heterocycles. The molecule has 1 amide bonds. The number of ether oxygens (including phenoxy) is 3. The van der Waals surface area contributed by atoms with E-state index in [1.807, 2.05) is 11.0 Å². The Morgan fingerprint density at radius 1 is 1.19 bits per heavy atom. The highest BCUT2D eigenvalue weighted by molar-refractivity contribution is 5.78. The summed E-state index contributed by atoms with van der Waals surface area (Å²) < 4.78 is 17.8. The van der Waals surface area contributed by atoms with E-state index in [1.165, 1.54) is 37.9 Å². The van der Waals surface area contributed by atoms with E-state index in [-0.39, 0.29) is 17.4 Å². The zero-order chi connectivity index (χ0) is 21.3. The Bertz CT molecular complexity index is 786. The maximum absolute atomic E-state index is 12.1. The number of hydrogen-bond acceptors (Lipinski definition) is 5. The average Bonchev–Trinajstić information content (AvgIpc) is 3.10. The van der Waals surface area contributed by atoms with Gasteiger partial charge in [0, 0.05) is 51.7 Å². The van der Waals surface area contributed by atoms with Crippen LogP contribution in [0, 0.1) is 5.92 Å². The standard InChI is InChI=1S/C25H36N2O4/c1-29-14-13-27-17-19(15-24(27)28)18-30-22-5-6-23-20(16-22)7-8-25(31-23)9-11-26(12-10-25)21-3-2-4-21/h5-6,16,19,21H,2-4,7-15,17-18H2,1H3. The molecule has 5 rings (SSSR count). The van der Waals surface area contributed by atoms with Gasteiger partial charge in [-0.05, 0) is 62.3 Å². The van der Waals surface area contributed by atoms with Gasteiger partial charge in [-0.1, -0.05) is 6.42 Å². The van der Waals surface area contributed by atoms with Crippen molar-refractivity contribution < 1.29 is 19.0 Å². The van der Waals surface area contributed by atoms with E-state index in [0.717, 1.165) is 49.8 Å². The number of methoxy groups -OCH3 is 1. The van der Waals surface area contributed by atoms with Crippen LogP contribution in [0.2, 0.25) is 0 Å². The van der Waals surface area contributed by atoms with Crippen LogP contribution in [0.15, 0.2) is 18.2 Å². The minimum absolute atomic E-state index is 0.0332. The molecule has 6 heteroatoms. The maximum Gasteiger partial charge on any atom is 0.223 e. The van der Waals surface area contributed by atoms with Crippen LogP contribution in [0.5, 0.6) is 11.5 Å². The third-order valence-electron chi connectivity index (χ3n) is 7.85. The highest BCUT2D eigenvalue weighted by Gasteiger charge is 2.41. The minimum Gasteiger partial charge on any atom is -0.493 e. The summed E-state index contributed by atoms with van der Waals surface area (Å²) in [7, 11) is 1.67. The quantitative estimate of drug-likeness (QED) is 0.667. The van der Waals surface area contributed by atoms with Crippen LogP contribution >= 0.6 is 0 Å². The van der Waals surface area contributed by atoms with Crippen molar-refractivity contribution in [1.82, 2.24) is 9.80 Å². The van der Waals surface area contributed by atoms with Gasteiger partial charge in [0.25, 0.3) is 0 Å². The number of piperidine rings is 1. The van der Waals surface area contributed by atoms with E-state index in [4.69, 9.17) is 14.2 Å². The second-order valence-corrected chi connectivity index (χ2v) is 9.89. The number of fused-ring (bicyclic) bond motifs is 1. The highest BCUT2D eigenvalue weighted by Crippen LogP contribution is 2.42. The van der Waals surface area contributed by atoms with Gasteiger partial charge >= 0.3 is 0 Å². The molecule has 1 atom stereocenters. The molecule has 3 aliphatic heterocycles. The first-order valence-electron chi connectivity index (χ1n) is 12.1. The van der Waals surface area contributed by atoms with Gasteiger partial charge in [-0.25, -0.2) is 0 Å². The molecule has 1 unspecified atom stereocenters. The lowest BCUT2D eigenvalue weighted by Crippen LogP contribution is -2.53. The molecular weight excluding hydrogens is 392 g/mol. The number of hydrogen-bond donors (Lipinski definition) is 0. The van der Waals surface area contributed by atoms with Gasteiger partial charge in [-0.3, -0.25) is 4.79 Å². The fourth-order valence-electron chi connectivity index (χ4n) is 5.59. The summed E-state index contributed by atoms with van der Waals surface area (Å²) in [5.74, 6) is 2.39. The zero-order valence-electron chi connectivity index (χ0n) is 18.8. The van der Waals surface area contributed by atoms with Crippen LogP contribution in [0.4, 0.5) is 0 Å². The average molecular weight is 429 g/mol. The van der Waals surface area contributed by atoms with Gasteiger partial charge in [0.05, 0.1) is 13.2 Å². The zero-order valence-corrected chi connectivity index (χ0v) is 18.8. The maximum atomic E-state index is 12.1. The van der Waals surface area contributed by atoms with Crippen LogP contribution < -0.4 is 9.47 Å². The van der Waals surface area contributed by atoms with Crippen molar-refractivity contribution >= 4 is 5.91 Å². The number of aryl methyl sites for hydroxylation is 1.